The van der Waals surface area contributed by atoms with Gasteiger partial charge in [0, 0.05) is 6.08 Å². The van der Waals surface area contributed by atoms with Crippen LogP contribution in [0.3, 0.4) is 0 Å². The van der Waals surface area contributed by atoms with Crippen molar-refractivity contribution >= 4 is 17.8 Å². The summed E-state index contributed by atoms with van der Waals surface area (Å²) >= 11 is 0. The average Bonchev–Trinajstić information content (AvgIpc) is 2.45. The van der Waals surface area contributed by atoms with Crippen LogP contribution in [-0.4, -0.2) is 23.1 Å². The number of allylic oxidation sites excluding steroid dienone is 2. The molecule has 1 rings (SSSR count). The number of nitrogens with zero attached hydrogens (tertiary/aromatic N) is 2. The molecule has 0 aromatic heterocycles. The van der Waals surface area contributed by atoms with E-state index in [0.717, 1.165) is 5.56 Å². The molecule has 0 aliphatic carbocycles. The Hall–Kier alpha value is -2.71. The molecule has 0 unspecified atom stereocenters. The maximum Gasteiger partial charge on any atom is 0.421 e. The number of hydrogen-bond acceptors (Lipinski definition) is 2. The molecule has 0 aliphatic rings. The summed E-state index contributed by atoms with van der Waals surface area (Å²) in [6, 6.07) is 9.35. The Balaban J connectivity index is 2.61. The predicted octanol–water partition coefficient (Wildman–Crippen LogP) is 2.66. The van der Waals surface area contributed by atoms with Crippen molar-refractivity contribution in [3.63, 3.8) is 0 Å². The Kier molecular flexibility index (Phi) is 6.34. The van der Waals surface area contributed by atoms with Crippen LogP contribution in [0.15, 0.2) is 61.2 Å². The first-order chi connectivity index (χ1) is 9.27. The third-order valence-electron chi connectivity index (χ3n) is 2.13. The molecular weight excluding hydrogens is 240 g/mol. The van der Waals surface area contributed by atoms with Gasteiger partial charge in [0.1, 0.15) is 6.61 Å². The summed E-state index contributed by atoms with van der Waals surface area (Å²) in [7, 11) is 0. The highest BCUT2D eigenvalue weighted by molar-refractivity contribution is 6.39. The molecule has 0 aliphatic heterocycles. The monoisotopic (exact) mass is 254 g/mol. The van der Waals surface area contributed by atoms with Gasteiger partial charge in [-0.25, -0.2) is 4.79 Å². The van der Waals surface area contributed by atoms with Crippen LogP contribution >= 0.6 is 0 Å². The van der Waals surface area contributed by atoms with Crippen molar-refractivity contribution in [2.24, 2.45) is 0 Å². The zero-order valence-corrected chi connectivity index (χ0v) is 10.4. The lowest BCUT2D eigenvalue weighted by Gasteiger charge is -1.95. The van der Waals surface area contributed by atoms with E-state index < -0.39 is 5.97 Å². The molecule has 1 aromatic rings. The average molecular weight is 254 g/mol. The fraction of sp³-hybridized carbons (Fsp3) is 0.0667. The fourth-order valence-corrected chi connectivity index (χ4v) is 1.23. The molecule has 4 nitrogen and oxygen atoms in total. The summed E-state index contributed by atoms with van der Waals surface area (Å²) in [6.45, 7) is 3.59. The van der Waals surface area contributed by atoms with Gasteiger partial charge in [0.15, 0.2) is 0 Å². The third-order valence-corrected chi connectivity index (χ3v) is 2.13. The van der Waals surface area contributed by atoms with E-state index in [0.29, 0.717) is 0 Å². The standard InChI is InChI=1S/C15H14N2O2/c1-2-3-7-12-19-15(18)14(17-16)11-10-13-8-5-4-6-9-13/h2-11H,1,12H2/b7-3+,11-10+. The van der Waals surface area contributed by atoms with Crippen molar-refractivity contribution in [1.29, 1.82) is 0 Å². The van der Waals surface area contributed by atoms with Crippen LogP contribution in [-0.2, 0) is 9.53 Å². The summed E-state index contributed by atoms with van der Waals surface area (Å²) < 4.78 is 4.87. The molecule has 0 heterocycles. The second-order valence-corrected chi connectivity index (χ2v) is 3.49. The molecule has 0 atom stereocenters. The van der Waals surface area contributed by atoms with Crippen molar-refractivity contribution in [3.05, 3.63) is 72.3 Å². The van der Waals surface area contributed by atoms with Crippen LogP contribution in [0, 0.1) is 0 Å². The van der Waals surface area contributed by atoms with E-state index in [4.69, 9.17) is 10.3 Å². The quantitative estimate of drug-likeness (QED) is 0.257. The van der Waals surface area contributed by atoms with Gasteiger partial charge in [0.25, 0.3) is 0 Å². The second kappa shape index (κ2) is 8.39. The highest BCUT2D eigenvalue weighted by atomic mass is 16.5. The number of ether oxygens (including phenoxy) is 1. The van der Waals surface area contributed by atoms with E-state index in [-0.39, 0.29) is 12.3 Å². The molecule has 96 valence electrons. The first-order valence-electron chi connectivity index (χ1n) is 5.68. The fourth-order valence-electron chi connectivity index (χ4n) is 1.23. The van der Waals surface area contributed by atoms with Gasteiger partial charge in [0.2, 0.25) is 0 Å². The molecule has 0 spiro atoms. The minimum Gasteiger partial charge on any atom is -0.453 e. The predicted molar refractivity (Wildman–Crippen MR) is 74.4 cm³/mol. The van der Waals surface area contributed by atoms with Crippen LogP contribution in [0.5, 0.6) is 0 Å². The molecule has 0 bridgehead atoms. The van der Waals surface area contributed by atoms with Gasteiger partial charge in [0.05, 0.1) is 0 Å². The lowest BCUT2D eigenvalue weighted by molar-refractivity contribution is -0.138. The Bertz CT molecular complexity index is 539. The molecule has 0 N–H and O–H groups in total. The van der Waals surface area contributed by atoms with Crippen molar-refractivity contribution in [1.82, 2.24) is 0 Å². The zero-order valence-electron chi connectivity index (χ0n) is 10.4. The Morgan fingerprint density at radius 3 is 2.74 bits per heavy atom. The van der Waals surface area contributed by atoms with Gasteiger partial charge < -0.3 is 10.3 Å². The zero-order chi connectivity index (χ0) is 13.9. The topological polar surface area (TPSA) is 62.7 Å². The molecule has 1 aromatic carbocycles. The van der Waals surface area contributed by atoms with Crippen LogP contribution in [0.4, 0.5) is 0 Å². The maximum absolute atomic E-state index is 11.5. The first-order valence-corrected chi connectivity index (χ1v) is 5.68. The maximum atomic E-state index is 11.5. The van der Waals surface area contributed by atoms with Crippen molar-refractivity contribution in [2.45, 2.75) is 0 Å². The summed E-state index contributed by atoms with van der Waals surface area (Å²) in [5.41, 5.74) is 9.51. The van der Waals surface area contributed by atoms with Crippen LogP contribution in [0.2, 0.25) is 0 Å². The highest BCUT2D eigenvalue weighted by Crippen LogP contribution is 2.01. The number of hydrogen-bond donors (Lipinski definition) is 0. The van der Waals surface area contributed by atoms with E-state index in [1.165, 1.54) is 6.08 Å². The second-order valence-electron chi connectivity index (χ2n) is 3.49. The van der Waals surface area contributed by atoms with Gasteiger partial charge >= 0.3 is 11.7 Å². The molecular formula is C15H14N2O2. The van der Waals surface area contributed by atoms with Crippen LogP contribution in [0.1, 0.15) is 5.56 Å². The third kappa shape index (κ3) is 5.44. The number of carbonyl (C=O) groups excluding carboxylic acids is 1. The Morgan fingerprint density at radius 1 is 1.37 bits per heavy atom. The normalized spacial score (nSPS) is 10.3. The van der Waals surface area contributed by atoms with Crippen molar-refractivity contribution < 1.29 is 14.3 Å². The first kappa shape index (κ1) is 14.4. The van der Waals surface area contributed by atoms with Crippen LogP contribution < -0.4 is 0 Å². The van der Waals surface area contributed by atoms with E-state index in [1.807, 2.05) is 30.3 Å². The molecule has 0 amide bonds. The molecule has 19 heavy (non-hydrogen) atoms. The number of carbonyl (C=O) groups is 1. The minimum absolute atomic E-state index is 0.100. The largest absolute Gasteiger partial charge is 0.453 e. The van der Waals surface area contributed by atoms with Gasteiger partial charge in [-0.3, -0.25) is 0 Å². The van der Waals surface area contributed by atoms with Crippen LogP contribution in [0.25, 0.3) is 11.6 Å². The van der Waals surface area contributed by atoms with E-state index in [9.17, 15) is 4.79 Å². The van der Waals surface area contributed by atoms with Crippen molar-refractivity contribution in [2.75, 3.05) is 6.61 Å². The Labute approximate surface area is 112 Å². The number of rotatable bonds is 6. The summed E-state index contributed by atoms with van der Waals surface area (Å²) in [6.07, 6.45) is 7.92. The van der Waals surface area contributed by atoms with E-state index in [1.54, 1.807) is 24.3 Å². The summed E-state index contributed by atoms with van der Waals surface area (Å²) in [4.78, 5) is 14.4. The molecule has 0 saturated carbocycles. The molecule has 0 saturated heterocycles. The Morgan fingerprint density at radius 2 is 2.11 bits per heavy atom. The lowest BCUT2D eigenvalue weighted by Crippen LogP contribution is -2.16. The summed E-state index contributed by atoms with van der Waals surface area (Å²) in [5, 5.41) is 0. The van der Waals surface area contributed by atoms with Gasteiger partial charge in [-0.05, 0) is 17.7 Å². The van der Waals surface area contributed by atoms with E-state index in [2.05, 4.69) is 11.4 Å². The van der Waals surface area contributed by atoms with Crippen molar-refractivity contribution in [3.8, 4) is 0 Å². The molecule has 0 fully saturated rings. The van der Waals surface area contributed by atoms with E-state index >= 15 is 0 Å². The minimum atomic E-state index is -0.691. The smallest absolute Gasteiger partial charge is 0.421 e. The highest BCUT2D eigenvalue weighted by Gasteiger charge is 2.17. The lowest BCUT2D eigenvalue weighted by atomic mass is 10.2. The van der Waals surface area contributed by atoms with Gasteiger partial charge in [-0.1, -0.05) is 49.1 Å². The van der Waals surface area contributed by atoms with Gasteiger partial charge in [-0.2, -0.15) is 4.79 Å². The molecule has 4 heteroatoms. The SMILES string of the molecule is C=C/C=C/COC(=O)C(/C=C/c1ccccc1)=[N+]=[N-]. The number of benzene rings is 1. The number of esters is 1. The summed E-state index contributed by atoms with van der Waals surface area (Å²) in [5.74, 6) is -0.691. The van der Waals surface area contributed by atoms with Gasteiger partial charge in [-0.15, -0.1) is 0 Å². The molecule has 0 radical (unpaired) electrons.